The Balaban J connectivity index is 1.47. The normalized spacial score (nSPS) is 16.9. The summed E-state index contributed by atoms with van der Waals surface area (Å²) in [6, 6.07) is 9.21. The van der Waals surface area contributed by atoms with Crippen LogP contribution < -0.4 is 10.3 Å². The zero-order valence-corrected chi connectivity index (χ0v) is 15.1. The van der Waals surface area contributed by atoms with Gasteiger partial charge in [-0.3, -0.25) is 9.59 Å². The average Bonchev–Trinajstić information content (AvgIpc) is 2.89. The van der Waals surface area contributed by atoms with Gasteiger partial charge in [-0.05, 0) is 38.0 Å². The van der Waals surface area contributed by atoms with E-state index in [0.29, 0.717) is 24.5 Å². The van der Waals surface area contributed by atoms with E-state index >= 15 is 0 Å². The molecule has 2 aliphatic heterocycles. The Labute approximate surface area is 157 Å². The third-order valence-electron chi connectivity index (χ3n) is 5.00. The molecule has 6 nitrogen and oxygen atoms in total. The molecule has 1 aromatic carbocycles. The smallest absolute Gasteiger partial charge is 0.253 e. The molecule has 0 unspecified atom stereocenters. The summed E-state index contributed by atoms with van der Waals surface area (Å²) in [5, 5.41) is 0. The Morgan fingerprint density at radius 3 is 2.81 bits per heavy atom. The molecular weight excluding hydrogens is 342 g/mol. The summed E-state index contributed by atoms with van der Waals surface area (Å²) in [7, 11) is 0. The van der Waals surface area contributed by atoms with Gasteiger partial charge in [0.05, 0.1) is 12.0 Å². The van der Waals surface area contributed by atoms with E-state index in [4.69, 9.17) is 4.74 Å². The largest absolute Gasteiger partial charge is 0.464 e. The molecule has 0 spiro atoms. The maximum absolute atomic E-state index is 12.9. The minimum Gasteiger partial charge on any atom is -0.464 e. The number of carbonyl (C=O) groups excluding carboxylic acids is 1. The first kappa shape index (κ1) is 17.3. The number of hydrogen-bond donors (Lipinski definition) is 1. The van der Waals surface area contributed by atoms with Crippen LogP contribution in [0.4, 0.5) is 0 Å². The maximum atomic E-state index is 12.9. The fourth-order valence-electron chi connectivity index (χ4n) is 3.61. The number of ether oxygens (including phenoxy) is 1. The van der Waals surface area contributed by atoms with Gasteiger partial charge in [-0.25, -0.2) is 4.98 Å². The van der Waals surface area contributed by atoms with Gasteiger partial charge in [0.2, 0.25) is 0 Å². The number of rotatable bonds is 2. The van der Waals surface area contributed by atoms with Crippen molar-refractivity contribution in [3.8, 4) is 5.75 Å². The lowest BCUT2D eigenvalue weighted by molar-refractivity contribution is -0.127. The van der Waals surface area contributed by atoms with Crippen molar-refractivity contribution in [1.29, 1.82) is 0 Å². The Morgan fingerprint density at radius 2 is 2.04 bits per heavy atom. The topological polar surface area (TPSA) is 75.3 Å². The van der Waals surface area contributed by atoms with E-state index in [-0.39, 0.29) is 17.4 Å². The summed E-state index contributed by atoms with van der Waals surface area (Å²) < 4.78 is 5.57. The lowest BCUT2D eigenvalue weighted by atomic mass is 9.92. The SMILES string of the molecule is Cc1nc(C2CCN(C(=O)C3=Cc4ccccc4OC=C3)CC2)cc(=O)[nH]1. The molecule has 1 saturated heterocycles. The number of likely N-dealkylation sites (tertiary alicyclic amines) is 1. The number of nitrogens with one attached hydrogen (secondary N) is 1. The van der Waals surface area contributed by atoms with E-state index in [9.17, 15) is 9.59 Å². The van der Waals surface area contributed by atoms with Crippen LogP contribution in [0.15, 0.2) is 53.0 Å². The second-order valence-electron chi connectivity index (χ2n) is 6.88. The quantitative estimate of drug-likeness (QED) is 0.890. The number of nitrogens with zero attached hydrogens (tertiary/aromatic N) is 2. The molecular formula is C21H21N3O3. The van der Waals surface area contributed by atoms with Crippen LogP contribution in [0.25, 0.3) is 6.08 Å². The number of fused-ring (bicyclic) bond motifs is 1. The molecule has 6 heteroatoms. The minimum atomic E-state index is -0.122. The number of para-hydroxylation sites is 1. The highest BCUT2D eigenvalue weighted by atomic mass is 16.5. The Bertz CT molecular complexity index is 982. The Morgan fingerprint density at radius 1 is 1.26 bits per heavy atom. The number of aromatic nitrogens is 2. The third-order valence-corrected chi connectivity index (χ3v) is 5.00. The summed E-state index contributed by atoms with van der Waals surface area (Å²) in [5.74, 6) is 1.58. The number of aryl methyl sites for hydroxylation is 1. The van der Waals surface area contributed by atoms with Crippen molar-refractivity contribution in [2.45, 2.75) is 25.7 Å². The van der Waals surface area contributed by atoms with Gasteiger partial charge in [-0.2, -0.15) is 0 Å². The predicted molar refractivity (Wildman–Crippen MR) is 102 cm³/mol. The molecule has 1 aromatic heterocycles. The molecule has 0 aliphatic carbocycles. The second-order valence-corrected chi connectivity index (χ2v) is 6.88. The molecule has 0 saturated carbocycles. The van der Waals surface area contributed by atoms with Gasteiger partial charge in [-0.1, -0.05) is 18.2 Å². The van der Waals surface area contributed by atoms with Gasteiger partial charge in [-0.15, -0.1) is 0 Å². The maximum Gasteiger partial charge on any atom is 0.253 e. The molecule has 1 amide bonds. The molecule has 138 valence electrons. The molecule has 2 aliphatic rings. The third kappa shape index (κ3) is 3.69. The van der Waals surface area contributed by atoms with Crippen LogP contribution >= 0.6 is 0 Å². The fraction of sp³-hybridized carbons (Fsp3) is 0.286. The number of amides is 1. The molecule has 1 N–H and O–H groups in total. The predicted octanol–water partition coefficient (Wildman–Crippen LogP) is 2.77. The van der Waals surface area contributed by atoms with Crippen LogP contribution in [0.3, 0.4) is 0 Å². The van der Waals surface area contributed by atoms with E-state index in [2.05, 4.69) is 9.97 Å². The molecule has 2 aromatic rings. The molecule has 27 heavy (non-hydrogen) atoms. The Hall–Kier alpha value is -3.15. The molecule has 3 heterocycles. The van der Waals surface area contributed by atoms with E-state index in [0.717, 1.165) is 29.8 Å². The van der Waals surface area contributed by atoms with Crippen LogP contribution in [-0.2, 0) is 4.79 Å². The van der Waals surface area contributed by atoms with Crippen molar-refractivity contribution in [1.82, 2.24) is 14.9 Å². The monoisotopic (exact) mass is 363 g/mol. The fourth-order valence-corrected chi connectivity index (χ4v) is 3.61. The first-order valence-electron chi connectivity index (χ1n) is 9.11. The molecule has 0 atom stereocenters. The van der Waals surface area contributed by atoms with Gasteiger partial charge in [0.25, 0.3) is 11.5 Å². The van der Waals surface area contributed by atoms with E-state index in [1.807, 2.05) is 35.2 Å². The van der Waals surface area contributed by atoms with Gasteiger partial charge in [0.15, 0.2) is 0 Å². The number of hydrogen-bond acceptors (Lipinski definition) is 4. The molecule has 4 rings (SSSR count). The van der Waals surface area contributed by atoms with Gasteiger partial charge >= 0.3 is 0 Å². The number of H-pyrrole nitrogens is 1. The highest BCUT2D eigenvalue weighted by molar-refractivity contribution is 6.01. The van der Waals surface area contributed by atoms with Crippen LogP contribution in [0, 0.1) is 6.92 Å². The second kappa shape index (κ2) is 7.23. The molecule has 0 radical (unpaired) electrons. The standard InChI is InChI=1S/C21H21N3O3/c1-14-22-18(13-20(25)23-14)15-6-9-24(10-7-15)21(26)17-8-11-27-19-5-3-2-4-16(19)12-17/h2-5,8,11-13,15H,6-7,9-10H2,1H3,(H,22,23,25). The van der Waals surface area contributed by atoms with Crippen molar-refractivity contribution in [3.63, 3.8) is 0 Å². The molecule has 0 bridgehead atoms. The first-order chi connectivity index (χ1) is 13.1. The Kier molecular flexibility index (Phi) is 4.62. The summed E-state index contributed by atoms with van der Waals surface area (Å²) in [6.45, 7) is 3.07. The summed E-state index contributed by atoms with van der Waals surface area (Å²) in [6.07, 6.45) is 6.74. The van der Waals surface area contributed by atoms with Crippen molar-refractivity contribution in [2.75, 3.05) is 13.1 Å². The number of benzene rings is 1. The van der Waals surface area contributed by atoms with E-state index < -0.39 is 0 Å². The van der Waals surface area contributed by atoms with Gasteiger partial charge in [0.1, 0.15) is 11.6 Å². The van der Waals surface area contributed by atoms with E-state index in [1.54, 1.807) is 25.3 Å². The van der Waals surface area contributed by atoms with E-state index in [1.165, 1.54) is 0 Å². The first-order valence-corrected chi connectivity index (χ1v) is 9.11. The van der Waals surface area contributed by atoms with Gasteiger partial charge in [0, 0.05) is 36.2 Å². The number of carbonyl (C=O) groups is 1. The summed E-state index contributed by atoms with van der Waals surface area (Å²) >= 11 is 0. The van der Waals surface area contributed by atoms with Crippen molar-refractivity contribution < 1.29 is 9.53 Å². The van der Waals surface area contributed by atoms with Crippen molar-refractivity contribution in [2.24, 2.45) is 0 Å². The highest BCUT2D eigenvalue weighted by Gasteiger charge is 2.26. The summed E-state index contributed by atoms with van der Waals surface area (Å²) in [4.78, 5) is 33.6. The lowest BCUT2D eigenvalue weighted by Crippen LogP contribution is -2.38. The zero-order chi connectivity index (χ0) is 18.8. The highest BCUT2D eigenvalue weighted by Crippen LogP contribution is 2.29. The van der Waals surface area contributed by atoms with Gasteiger partial charge < -0.3 is 14.6 Å². The van der Waals surface area contributed by atoms with Crippen molar-refractivity contribution >= 4 is 12.0 Å². The summed E-state index contributed by atoms with van der Waals surface area (Å²) in [5.41, 5.74) is 2.20. The molecule has 1 fully saturated rings. The van der Waals surface area contributed by atoms with Crippen LogP contribution in [-0.4, -0.2) is 33.9 Å². The lowest BCUT2D eigenvalue weighted by Gasteiger charge is -2.32. The van der Waals surface area contributed by atoms with Crippen LogP contribution in [0.1, 0.15) is 35.8 Å². The van der Waals surface area contributed by atoms with Crippen molar-refractivity contribution in [3.05, 3.63) is 75.7 Å². The minimum absolute atomic E-state index is 0.0000479. The van der Waals surface area contributed by atoms with Crippen LogP contribution in [0.5, 0.6) is 5.75 Å². The van der Waals surface area contributed by atoms with Crippen LogP contribution in [0.2, 0.25) is 0 Å². The average molecular weight is 363 g/mol. The number of piperidine rings is 1. The number of aromatic amines is 1. The zero-order valence-electron chi connectivity index (χ0n) is 15.1.